The third-order valence-electron chi connectivity index (χ3n) is 3.04. The van der Waals surface area contributed by atoms with Crippen LogP contribution in [0.25, 0.3) is 5.70 Å². The summed E-state index contributed by atoms with van der Waals surface area (Å²) < 4.78 is 5.32. The molecule has 110 valence electrons. The van der Waals surface area contributed by atoms with Gasteiger partial charge >= 0.3 is 0 Å². The predicted molar refractivity (Wildman–Crippen MR) is 87.4 cm³/mol. The molecule has 0 saturated heterocycles. The SMILES string of the molecule is C=C(CCNC(=C)c1ccc(CC(C)C)cc1)OCC. The third-order valence-corrected chi connectivity index (χ3v) is 3.04. The van der Waals surface area contributed by atoms with Crippen molar-refractivity contribution in [1.82, 2.24) is 5.32 Å². The highest BCUT2D eigenvalue weighted by molar-refractivity contribution is 5.61. The van der Waals surface area contributed by atoms with Crippen molar-refractivity contribution in [2.45, 2.75) is 33.6 Å². The molecule has 0 amide bonds. The van der Waals surface area contributed by atoms with Gasteiger partial charge in [0.05, 0.1) is 12.4 Å². The molecule has 20 heavy (non-hydrogen) atoms. The molecule has 0 aliphatic rings. The maximum absolute atomic E-state index is 5.32. The zero-order chi connectivity index (χ0) is 15.0. The van der Waals surface area contributed by atoms with E-state index in [0.29, 0.717) is 12.5 Å². The van der Waals surface area contributed by atoms with Crippen molar-refractivity contribution < 1.29 is 4.74 Å². The van der Waals surface area contributed by atoms with Gasteiger partial charge < -0.3 is 10.1 Å². The Morgan fingerprint density at radius 2 is 1.85 bits per heavy atom. The Hall–Kier alpha value is -1.70. The summed E-state index contributed by atoms with van der Waals surface area (Å²) in [5.74, 6) is 1.51. The molecular formula is C18H27NO. The van der Waals surface area contributed by atoms with E-state index in [1.807, 2.05) is 6.92 Å². The van der Waals surface area contributed by atoms with Crippen LogP contribution in [-0.4, -0.2) is 13.2 Å². The molecule has 0 spiro atoms. The zero-order valence-electron chi connectivity index (χ0n) is 13.0. The van der Waals surface area contributed by atoms with Gasteiger partial charge in [-0.15, -0.1) is 0 Å². The van der Waals surface area contributed by atoms with E-state index in [2.05, 4.69) is 56.6 Å². The number of nitrogens with one attached hydrogen (secondary N) is 1. The number of rotatable bonds is 9. The van der Waals surface area contributed by atoms with E-state index >= 15 is 0 Å². The summed E-state index contributed by atoms with van der Waals surface area (Å²) in [5, 5.41) is 3.31. The quantitative estimate of drug-likeness (QED) is 0.674. The van der Waals surface area contributed by atoms with Crippen molar-refractivity contribution >= 4 is 5.70 Å². The molecule has 0 aliphatic carbocycles. The highest BCUT2D eigenvalue weighted by atomic mass is 16.5. The Labute approximate surface area is 123 Å². The standard InChI is InChI=1S/C18H27NO/c1-6-20-15(4)11-12-19-16(5)18-9-7-17(8-10-18)13-14(2)3/h7-10,14,19H,4-6,11-13H2,1-3H3. The molecule has 0 aliphatic heterocycles. The molecule has 0 fully saturated rings. The van der Waals surface area contributed by atoms with Crippen molar-refractivity contribution in [3.63, 3.8) is 0 Å². The summed E-state index contributed by atoms with van der Waals surface area (Å²) in [6, 6.07) is 8.62. The Kier molecular flexibility index (Phi) is 6.92. The number of ether oxygens (including phenoxy) is 1. The Balaban J connectivity index is 2.41. The summed E-state index contributed by atoms with van der Waals surface area (Å²) in [7, 11) is 0. The molecule has 2 nitrogen and oxygen atoms in total. The normalized spacial score (nSPS) is 10.4. The average Bonchev–Trinajstić information content (AvgIpc) is 2.39. The first-order chi connectivity index (χ1) is 9.52. The molecule has 0 atom stereocenters. The van der Waals surface area contributed by atoms with Crippen LogP contribution in [0, 0.1) is 5.92 Å². The van der Waals surface area contributed by atoms with Gasteiger partial charge in [0.2, 0.25) is 0 Å². The molecule has 1 aromatic rings. The first-order valence-electron chi connectivity index (χ1n) is 7.35. The van der Waals surface area contributed by atoms with Crippen molar-refractivity contribution in [1.29, 1.82) is 0 Å². The van der Waals surface area contributed by atoms with Gasteiger partial charge in [-0.05, 0) is 30.4 Å². The van der Waals surface area contributed by atoms with Crippen LogP contribution in [0.4, 0.5) is 0 Å². The van der Waals surface area contributed by atoms with E-state index in [4.69, 9.17) is 4.74 Å². The van der Waals surface area contributed by atoms with Crippen LogP contribution in [0.1, 0.15) is 38.3 Å². The lowest BCUT2D eigenvalue weighted by Crippen LogP contribution is -2.14. The molecule has 0 unspecified atom stereocenters. The Morgan fingerprint density at radius 3 is 2.40 bits per heavy atom. The average molecular weight is 273 g/mol. The highest BCUT2D eigenvalue weighted by Gasteiger charge is 2.01. The number of hydrogen-bond acceptors (Lipinski definition) is 2. The van der Waals surface area contributed by atoms with E-state index in [0.717, 1.165) is 36.4 Å². The van der Waals surface area contributed by atoms with Gasteiger partial charge in [-0.25, -0.2) is 0 Å². The maximum Gasteiger partial charge on any atom is 0.0905 e. The van der Waals surface area contributed by atoms with Crippen LogP contribution in [0.2, 0.25) is 0 Å². The molecule has 1 aromatic carbocycles. The second-order valence-electron chi connectivity index (χ2n) is 5.42. The molecule has 0 aromatic heterocycles. The summed E-state index contributed by atoms with van der Waals surface area (Å²) in [5.41, 5.74) is 3.46. The largest absolute Gasteiger partial charge is 0.499 e. The second kappa shape index (κ2) is 8.47. The number of benzene rings is 1. The van der Waals surface area contributed by atoms with E-state index in [9.17, 15) is 0 Å². The fourth-order valence-corrected chi connectivity index (χ4v) is 2.04. The van der Waals surface area contributed by atoms with Crippen LogP contribution in [0.5, 0.6) is 0 Å². The van der Waals surface area contributed by atoms with Crippen molar-refractivity contribution in [3.8, 4) is 0 Å². The van der Waals surface area contributed by atoms with Gasteiger partial charge in [0, 0.05) is 18.7 Å². The first kappa shape index (κ1) is 16.4. The van der Waals surface area contributed by atoms with Gasteiger partial charge in [0.15, 0.2) is 0 Å². The van der Waals surface area contributed by atoms with Gasteiger partial charge in [-0.1, -0.05) is 51.3 Å². The zero-order valence-corrected chi connectivity index (χ0v) is 13.0. The van der Waals surface area contributed by atoms with Crippen LogP contribution in [-0.2, 0) is 11.2 Å². The smallest absolute Gasteiger partial charge is 0.0905 e. The summed E-state index contributed by atoms with van der Waals surface area (Å²) in [6.07, 6.45) is 1.92. The minimum absolute atomic E-state index is 0.678. The third kappa shape index (κ3) is 5.96. The minimum Gasteiger partial charge on any atom is -0.499 e. The van der Waals surface area contributed by atoms with Crippen LogP contribution in [0.15, 0.2) is 43.2 Å². The lowest BCUT2D eigenvalue weighted by Gasteiger charge is -2.12. The molecule has 0 saturated carbocycles. The Bertz CT molecular complexity index is 431. The van der Waals surface area contributed by atoms with Gasteiger partial charge in [-0.2, -0.15) is 0 Å². The van der Waals surface area contributed by atoms with Crippen molar-refractivity contribution in [2.24, 2.45) is 5.92 Å². The maximum atomic E-state index is 5.32. The molecule has 0 heterocycles. The summed E-state index contributed by atoms with van der Waals surface area (Å²) in [4.78, 5) is 0. The van der Waals surface area contributed by atoms with Crippen LogP contribution in [0.3, 0.4) is 0 Å². The lowest BCUT2D eigenvalue weighted by molar-refractivity contribution is 0.220. The highest BCUT2D eigenvalue weighted by Crippen LogP contribution is 2.14. The van der Waals surface area contributed by atoms with Gasteiger partial charge in [0.25, 0.3) is 0 Å². The van der Waals surface area contributed by atoms with Crippen molar-refractivity contribution in [2.75, 3.05) is 13.2 Å². The fourth-order valence-electron chi connectivity index (χ4n) is 2.04. The van der Waals surface area contributed by atoms with E-state index in [1.165, 1.54) is 5.56 Å². The molecule has 0 bridgehead atoms. The van der Waals surface area contributed by atoms with E-state index in [1.54, 1.807) is 0 Å². The van der Waals surface area contributed by atoms with Crippen molar-refractivity contribution in [3.05, 3.63) is 54.3 Å². The number of hydrogen-bond donors (Lipinski definition) is 1. The Morgan fingerprint density at radius 1 is 1.20 bits per heavy atom. The topological polar surface area (TPSA) is 21.3 Å². The fraction of sp³-hybridized carbons (Fsp3) is 0.444. The molecule has 2 heteroatoms. The summed E-state index contributed by atoms with van der Waals surface area (Å²) in [6.45, 7) is 15.9. The van der Waals surface area contributed by atoms with Crippen LogP contribution < -0.4 is 5.32 Å². The monoisotopic (exact) mass is 273 g/mol. The molecular weight excluding hydrogens is 246 g/mol. The minimum atomic E-state index is 0.678. The lowest BCUT2D eigenvalue weighted by atomic mass is 10.0. The van der Waals surface area contributed by atoms with Crippen LogP contribution >= 0.6 is 0 Å². The molecule has 0 radical (unpaired) electrons. The van der Waals surface area contributed by atoms with E-state index < -0.39 is 0 Å². The summed E-state index contributed by atoms with van der Waals surface area (Å²) >= 11 is 0. The second-order valence-corrected chi connectivity index (χ2v) is 5.42. The van der Waals surface area contributed by atoms with E-state index in [-0.39, 0.29) is 0 Å². The molecule has 1 rings (SSSR count). The molecule has 1 N–H and O–H groups in total. The first-order valence-corrected chi connectivity index (χ1v) is 7.35. The van der Waals surface area contributed by atoms with Gasteiger partial charge in [0.1, 0.15) is 0 Å². The van der Waals surface area contributed by atoms with Gasteiger partial charge in [-0.3, -0.25) is 0 Å². The predicted octanol–water partition coefficient (Wildman–Crippen LogP) is 4.39.